The smallest absolute Gasteiger partial charge is 0.253 e. The van der Waals surface area contributed by atoms with Gasteiger partial charge in [-0.1, -0.05) is 29.8 Å². The Labute approximate surface area is 173 Å². The second-order valence-electron chi connectivity index (χ2n) is 8.11. The van der Waals surface area contributed by atoms with E-state index in [0.29, 0.717) is 6.04 Å². The van der Waals surface area contributed by atoms with E-state index in [1.807, 2.05) is 43.3 Å². The van der Waals surface area contributed by atoms with Gasteiger partial charge >= 0.3 is 0 Å². The van der Waals surface area contributed by atoms with Crippen LogP contribution in [0.3, 0.4) is 0 Å². The first-order valence-electron chi connectivity index (χ1n) is 10.6. The van der Waals surface area contributed by atoms with Gasteiger partial charge in [-0.3, -0.25) is 9.69 Å². The topological polar surface area (TPSA) is 36.0 Å². The predicted octanol–water partition coefficient (Wildman–Crippen LogP) is 3.43. The zero-order chi connectivity index (χ0) is 20.2. The fourth-order valence-corrected chi connectivity index (χ4v) is 4.62. The molecule has 1 amide bonds. The van der Waals surface area contributed by atoms with Gasteiger partial charge in [0, 0.05) is 50.9 Å². The van der Waals surface area contributed by atoms with E-state index in [0.717, 1.165) is 62.6 Å². The number of benzene rings is 2. The van der Waals surface area contributed by atoms with Crippen molar-refractivity contribution in [3.8, 4) is 5.75 Å². The van der Waals surface area contributed by atoms with Gasteiger partial charge in [0.15, 0.2) is 0 Å². The standard InChI is InChI=1S/C24H31N3O2/c1-19-7-5-8-20(17-19)24(28)27-12-6-9-21(18-27)25-13-15-26(16-14-25)22-10-3-4-11-23(22)29-2/h3-5,7-8,10-11,17,21H,6,9,12-16,18H2,1-2H3/t21-/m1/s1. The average Bonchev–Trinajstić information content (AvgIpc) is 2.79. The summed E-state index contributed by atoms with van der Waals surface area (Å²) in [6.07, 6.45) is 2.25. The Morgan fingerprint density at radius 2 is 1.79 bits per heavy atom. The number of carbonyl (C=O) groups is 1. The third kappa shape index (κ3) is 4.40. The van der Waals surface area contributed by atoms with Crippen molar-refractivity contribution in [2.75, 3.05) is 51.3 Å². The number of piperidine rings is 1. The van der Waals surface area contributed by atoms with Crippen LogP contribution < -0.4 is 9.64 Å². The highest BCUT2D eigenvalue weighted by Crippen LogP contribution is 2.29. The van der Waals surface area contributed by atoms with Crippen molar-refractivity contribution in [2.45, 2.75) is 25.8 Å². The fraction of sp³-hybridized carbons (Fsp3) is 0.458. The second kappa shape index (κ2) is 8.87. The monoisotopic (exact) mass is 393 g/mol. The predicted molar refractivity (Wildman–Crippen MR) is 117 cm³/mol. The van der Waals surface area contributed by atoms with Crippen LogP contribution in [-0.4, -0.2) is 68.1 Å². The van der Waals surface area contributed by atoms with Gasteiger partial charge in [-0.25, -0.2) is 0 Å². The number of anilines is 1. The lowest BCUT2D eigenvalue weighted by molar-refractivity contribution is 0.0563. The molecule has 2 aliphatic heterocycles. The van der Waals surface area contributed by atoms with Crippen LogP contribution in [-0.2, 0) is 0 Å². The van der Waals surface area contributed by atoms with Gasteiger partial charge in [0.05, 0.1) is 12.8 Å². The minimum absolute atomic E-state index is 0.172. The number of hydrogen-bond acceptors (Lipinski definition) is 4. The molecule has 2 aromatic rings. The number of hydrogen-bond donors (Lipinski definition) is 0. The molecule has 5 heteroatoms. The lowest BCUT2D eigenvalue weighted by Crippen LogP contribution is -2.55. The van der Waals surface area contributed by atoms with Crippen LogP contribution in [0.2, 0.25) is 0 Å². The van der Waals surface area contributed by atoms with Crippen LogP contribution >= 0.6 is 0 Å². The van der Waals surface area contributed by atoms with E-state index in [1.54, 1.807) is 7.11 Å². The van der Waals surface area contributed by atoms with E-state index in [-0.39, 0.29) is 5.91 Å². The van der Waals surface area contributed by atoms with E-state index in [4.69, 9.17) is 4.74 Å². The lowest BCUT2D eigenvalue weighted by atomic mass is 10.0. The van der Waals surface area contributed by atoms with Gasteiger partial charge < -0.3 is 14.5 Å². The summed E-state index contributed by atoms with van der Waals surface area (Å²) in [5, 5.41) is 0. The van der Waals surface area contributed by atoms with Crippen LogP contribution in [0.5, 0.6) is 5.75 Å². The molecule has 2 aromatic carbocycles. The van der Waals surface area contributed by atoms with Crippen molar-refractivity contribution in [3.05, 3.63) is 59.7 Å². The highest BCUT2D eigenvalue weighted by Gasteiger charge is 2.30. The summed E-state index contributed by atoms with van der Waals surface area (Å²) in [6.45, 7) is 7.76. The van der Waals surface area contributed by atoms with E-state index in [1.165, 1.54) is 12.1 Å². The second-order valence-corrected chi connectivity index (χ2v) is 8.11. The van der Waals surface area contributed by atoms with E-state index in [9.17, 15) is 4.79 Å². The molecule has 2 aliphatic rings. The molecule has 5 nitrogen and oxygen atoms in total. The first-order valence-corrected chi connectivity index (χ1v) is 10.6. The molecule has 0 saturated carbocycles. The Hall–Kier alpha value is -2.53. The van der Waals surface area contributed by atoms with Gasteiger partial charge in [0.2, 0.25) is 0 Å². The van der Waals surface area contributed by atoms with Crippen molar-refractivity contribution in [1.82, 2.24) is 9.80 Å². The Morgan fingerprint density at radius 1 is 1.00 bits per heavy atom. The van der Waals surface area contributed by atoms with Gasteiger partial charge in [0.25, 0.3) is 5.91 Å². The maximum absolute atomic E-state index is 13.0. The lowest BCUT2D eigenvalue weighted by Gasteiger charge is -2.44. The normalized spacial score (nSPS) is 20.6. The number of methoxy groups -OCH3 is 1. The number of carbonyl (C=O) groups excluding carboxylic acids is 1. The van der Waals surface area contributed by atoms with Crippen LogP contribution in [0.25, 0.3) is 0 Å². The number of piperazine rings is 1. The summed E-state index contributed by atoms with van der Waals surface area (Å²) in [4.78, 5) is 20.0. The SMILES string of the molecule is COc1ccccc1N1CCN([C@@H]2CCCN(C(=O)c3cccc(C)c3)C2)CC1. The Kier molecular flexibility index (Phi) is 6.05. The zero-order valence-electron chi connectivity index (χ0n) is 17.5. The maximum atomic E-state index is 13.0. The number of aryl methyl sites for hydroxylation is 1. The molecule has 2 heterocycles. The molecule has 0 aliphatic carbocycles. The first-order chi connectivity index (χ1) is 14.2. The van der Waals surface area contributed by atoms with Crippen LogP contribution in [0.1, 0.15) is 28.8 Å². The highest BCUT2D eigenvalue weighted by molar-refractivity contribution is 5.94. The van der Waals surface area contributed by atoms with Crippen molar-refractivity contribution < 1.29 is 9.53 Å². The van der Waals surface area contributed by atoms with Crippen LogP contribution in [0, 0.1) is 6.92 Å². The molecule has 0 N–H and O–H groups in total. The van der Waals surface area contributed by atoms with Crippen molar-refractivity contribution in [3.63, 3.8) is 0 Å². The molecule has 0 radical (unpaired) electrons. The molecule has 2 fully saturated rings. The highest BCUT2D eigenvalue weighted by atomic mass is 16.5. The minimum Gasteiger partial charge on any atom is -0.495 e. The summed E-state index contributed by atoms with van der Waals surface area (Å²) < 4.78 is 5.53. The van der Waals surface area contributed by atoms with Crippen molar-refractivity contribution >= 4 is 11.6 Å². The van der Waals surface area contributed by atoms with Gasteiger partial charge in [-0.05, 0) is 44.0 Å². The minimum atomic E-state index is 0.172. The molecule has 2 saturated heterocycles. The maximum Gasteiger partial charge on any atom is 0.253 e. The van der Waals surface area contributed by atoms with Crippen LogP contribution in [0.15, 0.2) is 48.5 Å². The number of likely N-dealkylation sites (tertiary alicyclic amines) is 1. The van der Waals surface area contributed by atoms with E-state index < -0.39 is 0 Å². The quantitative estimate of drug-likeness (QED) is 0.797. The largest absolute Gasteiger partial charge is 0.495 e. The number of para-hydroxylation sites is 2. The molecule has 0 bridgehead atoms. The third-order valence-electron chi connectivity index (χ3n) is 6.21. The molecule has 0 aromatic heterocycles. The molecular formula is C24H31N3O2. The first kappa shape index (κ1) is 19.8. The van der Waals surface area contributed by atoms with E-state index >= 15 is 0 Å². The molecule has 29 heavy (non-hydrogen) atoms. The molecule has 1 atom stereocenters. The number of nitrogens with zero attached hydrogens (tertiary/aromatic N) is 3. The molecular weight excluding hydrogens is 362 g/mol. The number of ether oxygens (including phenoxy) is 1. The fourth-order valence-electron chi connectivity index (χ4n) is 4.62. The van der Waals surface area contributed by atoms with Gasteiger partial charge in [-0.2, -0.15) is 0 Å². The zero-order valence-corrected chi connectivity index (χ0v) is 17.5. The van der Waals surface area contributed by atoms with E-state index in [2.05, 4.69) is 26.8 Å². The summed E-state index contributed by atoms with van der Waals surface area (Å²) in [5.74, 6) is 1.11. The molecule has 0 spiro atoms. The number of amides is 1. The van der Waals surface area contributed by atoms with Gasteiger partial charge in [0.1, 0.15) is 5.75 Å². The third-order valence-corrected chi connectivity index (χ3v) is 6.21. The Balaban J connectivity index is 1.37. The summed E-state index contributed by atoms with van der Waals surface area (Å²) >= 11 is 0. The summed E-state index contributed by atoms with van der Waals surface area (Å²) in [7, 11) is 1.73. The molecule has 4 rings (SSSR count). The van der Waals surface area contributed by atoms with Crippen LogP contribution in [0.4, 0.5) is 5.69 Å². The molecule has 0 unspecified atom stereocenters. The van der Waals surface area contributed by atoms with Crippen molar-refractivity contribution in [2.24, 2.45) is 0 Å². The molecule has 154 valence electrons. The Bertz CT molecular complexity index is 846. The van der Waals surface area contributed by atoms with Gasteiger partial charge in [-0.15, -0.1) is 0 Å². The Morgan fingerprint density at radius 3 is 2.55 bits per heavy atom. The average molecular weight is 394 g/mol. The summed E-state index contributed by atoms with van der Waals surface area (Å²) in [5.41, 5.74) is 3.12. The summed E-state index contributed by atoms with van der Waals surface area (Å²) in [6, 6.07) is 16.6. The number of rotatable bonds is 4. The van der Waals surface area contributed by atoms with Crippen molar-refractivity contribution in [1.29, 1.82) is 0 Å².